The van der Waals surface area contributed by atoms with Crippen LogP contribution in [0.2, 0.25) is 0 Å². The third-order valence-electron chi connectivity index (χ3n) is 4.27. The second-order valence-electron chi connectivity index (χ2n) is 6.27. The maximum atomic E-state index is 12.8. The van der Waals surface area contributed by atoms with Crippen LogP contribution in [0.15, 0.2) is 84.4 Å². The molecule has 1 aromatic carbocycles. The lowest BCUT2D eigenvalue weighted by molar-refractivity contribution is -0.385. The number of amides is 1. The van der Waals surface area contributed by atoms with E-state index in [4.69, 9.17) is 0 Å². The molecule has 0 saturated heterocycles. The number of nitrogens with one attached hydrogen (secondary N) is 1. The van der Waals surface area contributed by atoms with E-state index in [-0.39, 0.29) is 16.9 Å². The molecular weight excluding hydrogens is 398 g/mol. The molecule has 1 N–H and O–H groups in total. The second-order valence-corrected chi connectivity index (χ2v) is 6.27. The van der Waals surface area contributed by atoms with Gasteiger partial charge in [0.2, 0.25) is 0 Å². The molecule has 0 atom stereocenters. The van der Waals surface area contributed by atoms with Gasteiger partial charge in [-0.2, -0.15) is 10.2 Å². The van der Waals surface area contributed by atoms with Gasteiger partial charge in [-0.25, -0.2) is 15.1 Å². The number of aromatic nitrogens is 4. The molecule has 0 saturated carbocycles. The molecule has 0 aliphatic carbocycles. The van der Waals surface area contributed by atoms with Gasteiger partial charge in [-0.05, 0) is 36.4 Å². The van der Waals surface area contributed by atoms with Gasteiger partial charge >= 0.3 is 0 Å². The maximum Gasteiger partial charge on any atom is 0.290 e. The van der Waals surface area contributed by atoms with Crippen LogP contribution in [0.5, 0.6) is 0 Å². The third-order valence-corrected chi connectivity index (χ3v) is 4.27. The van der Waals surface area contributed by atoms with Crippen molar-refractivity contribution in [1.82, 2.24) is 25.2 Å². The summed E-state index contributed by atoms with van der Waals surface area (Å²) in [5, 5.41) is 19.5. The zero-order chi connectivity index (χ0) is 21.6. The molecule has 152 valence electrons. The van der Waals surface area contributed by atoms with Crippen molar-refractivity contribution in [2.45, 2.75) is 0 Å². The molecule has 31 heavy (non-hydrogen) atoms. The fraction of sp³-hybridized carbons (Fsp3) is 0. The number of nitrogens with zero attached hydrogens (tertiary/aromatic N) is 6. The molecule has 3 heterocycles. The number of nitro benzene ring substituents is 1. The number of hydrogen-bond donors (Lipinski definition) is 1. The monoisotopic (exact) mass is 413 g/mol. The lowest BCUT2D eigenvalue weighted by atomic mass is 10.2. The van der Waals surface area contributed by atoms with E-state index in [9.17, 15) is 14.9 Å². The smallest absolute Gasteiger partial charge is 0.266 e. The summed E-state index contributed by atoms with van der Waals surface area (Å²) in [6.45, 7) is 0. The maximum absolute atomic E-state index is 12.8. The van der Waals surface area contributed by atoms with Crippen LogP contribution in [0.3, 0.4) is 0 Å². The minimum absolute atomic E-state index is 0.113. The Hall–Kier alpha value is -4.73. The van der Waals surface area contributed by atoms with E-state index in [2.05, 4.69) is 25.6 Å². The highest BCUT2D eigenvalue weighted by Gasteiger charge is 2.18. The molecule has 0 bridgehead atoms. The van der Waals surface area contributed by atoms with Gasteiger partial charge in [0.15, 0.2) is 5.82 Å². The summed E-state index contributed by atoms with van der Waals surface area (Å²) in [5.41, 5.74) is 4.00. The van der Waals surface area contributed by atoms with Crippen LogP contribution < -0.4 is 5.43 Å². The standard InChI is InChI=1S/C21H15N7O3/c29-21(25-24-14-16-6-1-2-8-18(16)28(30)31)19-12-17(15-7-5-10-22-13-15)26-27(19)20-9-3-4-11-23-20/h1-14H,(H,25,29)/b24-14+. The molecule has 10 heteroatoms. The van der Waals surface area contributed by atoms with Crippen LogP contribution in [-0.4, -0.2) is 36.8 Å². The van der Waals surface area contributed by atoms with Gasteiger partial charge in [0.25, 0.3) is 11.6 Å². The number of rotatable bonds is 6. The molecule has 0 fully saturated rings. The number of para-hydroxylation sites is 1. The van der Waals surface area contributed by atoms with Gasteiger partial charge in [0, 0.05) is 30.2 Å². The Labute approximate surface area is 176 Å². The first-order valence-electron chi connectivity index (χ1n) is 9.12. The van der Waals surface area contributed by atoms with E-state index in [0.29, 0.717) is 11.5 Å². The normalized spacial score (nSPS) is 10.8. The number of carbonyl (C=O) groups excluding carboxylic acids is 1. The number of benzene rings is 1. The highest BCUT2D eigenvalue weighted by Crippen LogP contribution is 2.20. The lowest BCUT2D eigenvalue weighted by Gasteiger charge is -2.04. The van der Waals surface area contributed by atoms with E-state index >= 15 is 0 Å². The summed E-state index contributed by atoms with van der Waals surface area (Å²) >= 11 is 0. The zero-order valence-electron chi connectivity index (χ0n) is 16.0. The van der Waals surface area contributed by atoms with Crippen molar-refractivity contribution in [1.29, 1.82) is 0 Å². The summed E-state index contributed by atoms with van der Waals surface area (Å²) in [6.07, 6.45) is 6.10. The molecule has 4 aromatic rings. The van der Waals surface area contributed by atoms with Crippen molar-refractivity contribution in [2.24, 2.45) is 5.10 Å². The number of nitro groups is 1. The Bertz CT molecular complexity index is 1250. The predicted octanol–water partition coefficient (Wildman–Crippen LogP) is 3.00. The fourth-order valence-electron chi connectivity index (χ4n) is 2.83. The Balaban J connectivity index is 1.64. The molecule has 4 rings (SSSR count). The highest BCUT2D eigenvalue weighted by molar-refractivity contribution is 5.95. The summed E-state index contributed by atoms with van der Waals surface area (Å²) in [6, 6.07) is 16.5. The largest absolute Gasteiger partial charge is 0.290 e. The first kappa shape index (κ1) is 19.6. The Morgan fingerprint density at radius 3 is 2.68 bits per heavy atom. The van der Waals surface area contributed by atoms with Crippen LogP contribution in [0.1, 0.15) is 16.1 Å². The van der Waals surface area contributed by atoms with Crippen molar-refractivity contribution in [3.05, 3.63) is 101 Å². The Kier molecular flexibility index (Phi) is 5.52. The van der Waals surface area contributed by atoms with E-state index in [1.807, 2.05) is 6.07 Å². The Morgan fingerprint density at radius 2 is 1.94 bits per heavy atom. The predicted molar refractivity (Wildman–Crippen MR) is 113 cm³/mol. The molecule has 0 aliphatic heterocycles. The molecule has 0 unspecified atom stereocenters. The van der Waals surface area contributed by atoms with Gasteiger partial charge in [0.05, 0.1) is 22.4 Å². The van der Waals surface area contributed by atoms with Gasteiger partial charge in [0.1, 0.15) is 5.69 Å². The van der Waals surface area contributed by atoms with E-state index < -0.39 is 10.8 Å². The average Bonchev–Trinajstić information content (AvgIpc) is 3.26. The zero-order valence-corrected chi connectivity index (χ0v) is 16.0. The molecule has 10 nitrogen and oxygen atoms in total. The first-order valence-corrected chi connectivity index (χ1v) is 9.12. The molecular formula is C21H15N7O3. The van der Waals surface area contributed by atoms with E-state index in [1.54, 1.807) is 61.1 Å². The molecule has 3 aromatic heterocycles. The third kappa shape index (κ3) is 4.32. The van der Waals surface area contributed by atoms with Crippen molar-refractivity contribution < 1.29 is 9.72 Å². The Morgan fingerprint density at radius 1 is 1.10 bits per heavy atom. The summed E-state index contributed by atoms with van der Waals surface area (Å²) < 4.78 is 1.40. The lowest BCUT2D eigenvalue weighted by Crippen LogP contribution is -2.21. The van der Waals surface area contributed by atoms with Crippen molar-refractivity contribution >= 4 is 17.8 Å². The van der Waals surface area contributed by atoms with Crippen LogP contribution in [0.4, 0.5) is 5.69 Å². The van der Waals surface area contributed by atoms with Gasteiger partial charge < -0.3 is 0 Å². The fourth-order valence-corrected chi connectivity index (χ4v) is 2.83. The number of hydrogen-bond acceptors (Lipinski definition) is 7. The number of carbonyl (C=O) groups is 1. The SMILES string of the molecule is O=C(N/N=C/c1ccccc1[N+](=O)[O-])c1cc(-c2cccnc2)nn1-c1ccccn1. The van der Waals surface area contributed by atoms with Gasteiger partial charge in [-0.3, -0.25) is 19.9 Å². The summed E-state index contributed by atoms with van der Waals surface area (Å²) in [7, 11) is 0. The van der Waals surface area contributed by atoms with Crippen LogP contribution in [-0.2, 0) is 0 Å². The summed E-state index contributed by atoms with van der Waals surface area (Å²) in [4.78, 5) is 31.8. The minimum Gasteiger partial charge on any atom is -0.266 e. The van der Waals surface area contributed by atoms with Crippen molar-refractivity contribution in [3.63, 3.8) is 0 Å². The molecule has 1 amide bonds. The topological polar surface area (TPSA) is 128 Å². The number of hydrazone groups is 1. The molecule has 0 spiro atoms. The second kappa shape index (κ2) is 8.74. The van der Waals surface area contributed by atoms with Crippen molar-refractivity contribution in [3.8, 4) is 17.1 Å². The van der Waals surface area contributed by atoms with Gasteiger partial charge in [-0.1, -0.05) is 18.2 Å². The molecule has 0 radical (unpaired) electrons. The first-order chi connectivity index (χ1) is 15.1. The van der Waals surface area contributed by atoms with Crippen LogP contribution in [0.25, 0.3) is 17.1 Å². The quantitative estimate of drug-likeness (QED) is 0.294. The van der Waals surface area contributed by atoms with E-state index in [1.165, 1.54) is 23.0 Å². The average molecular weight is 413 g/mol. The summed E-state index contributed by atoms with van der Waals surface area (Å²) in [5.74, 6) is -0.103. The molecule has 0 aliphatic rings. The van der Waals surface area contributed by atoms with Crippen LogP contribution in [0, 0.1) is 10.1 Å². The minimum atomic E-state index is -0.553. The highest BCUT2D eigenvalue weighted by atomic mass is 16.6. The van der Waals surface area contributed by atoms with Gasteiger partial charge in [-0.15, -0.1) is 0 Å². The van der Waals surface area contributed by atoms with Crippen molar-refractivity contribution in [2.75, 3.05) is 0 Å². The number of pyridine rings is 2. The van der Waals surface area contributed by atoms with Crippen LogP contribution >= 0.6 is 0 Å². The van der Waals surface area contributed by atoms with E-state index in [0.717, 1.165) is 5.56 Å².